The van der Waals surface area contributed by atoms with Gasteiger partial charge in [0.15, 0.2) is 5.69 Å². The topological polar surface area (TPSA) is 96.4 Å². The Morgan fingerprint density at radius 3 is 2.45 bits per heavy atom. The molecule has 0 unspecified atom stereocenters. The molecule has 0 aliphatic carbocycles. The fourth-order valence-electron chi connectivity index (χ4n) is 1.71. The maximum atomic E-state index is 12.8. The summed E-state index contributed by atoms with van der Waals surface area (Å²) in [7, 11) is -4.51. The van der Waals surface area contributed by atoms with Gasteiger partial charge in [-0.2, -0.15) is 13.2 Å². The lowest BCUT2D eigenvalue weighted by molar-refractivity contribution is -0.143. The molecule has 0 amide bonds. The fraction of sp³-hybridized carbons (Fsp3) is 0.500. The predicted molar refractivity (Wildman–Crippen MR) is 70.5 cm³/mol. The van der Waals surface area contributed by atoms with Crippen molar-refractivity contribution in [1.29, 1.82) is 0 Å². The van der Waals surface area contributed by atoms with Gasteiger partial charge in [0.2, 0.25) is 10.0 Å². The molecule has 2 N–H and O–H groups in total. The van der Waals surface area contributed by atoms with Crippen LogP contribution in [0.1, 0.15) is 32.4 Å². The van der Waals surface area contributed by atoms with E-state index < -0.39 is 38.3 Å². The summed E-state index contributed by atoms with van der Waals surface area (Å²) in [5.41, 5.74) is -2.74. The van der Waals surface area contributed by atoms with Gasteiger partial charge in [-0.3, -0.25) is 9.78 Å². The number of nitrogens with one attached hydrogen (secondary N) is 1. The first-order valence-corrected chi connectivity index (χ1v) is 7.61. The minimum absolute atomic E-state index is 0.0802. The van der Waals surface area contributed by atoms with Crippen LogP contribution in [0.5, 0.6) is 0 Å². The van der Waals surface area contributed by atoms with Crippen molar-refractivity contribution in [3.63, 3.8) is 0 Å². The van der Waals surface area contributed by atoms with Crippen molar-refractivity contribution >= 4 is 16.0 Å². The molecule has 0 fully saturated rings. The number of hydrogen-bond acceptors (Lipinski definition) is 4. The fourth-order valence-corrected chi connectivity index (χ4v) is 3.33. The second-order valence-corrected chi connectivity index (χ2v) is 6.88. The molecule has 22 heavy (non-hydrogen) atoms. The van der Waals surface area contributed by atoms with Crippen LogP contribution in [0.15, 0.2) is 23.2 Å². The van der Waals surface area contributed by atoms with Gasteiger partial charge in [0.1, 0.15) is 4.90 Å². The van der Waals surface area contributed by atoms with Crippen molar-refractivity contribution < 1.29 is 31.5 Å². The molecule has 124 valence electrons. The number of carboxylic acids is 1. The molecule has 0 bridgehead atoms. The van der Waals surface area contributed by atoms with E-state index >= 15 is 0 Å². The maximum Gasteiger partial charge on any atom is 0.434 e. The van der Waals surface area contributed by atoms with E-state index in [2.05, 4.69) is 9.71 Å². The summed E-state index contributed by atoms with van der Waals surface area (Å²) >= 11 is 0. The van der Waals surface area contributed by atoms with Crippen molar-refractivity contribution in [3.8, 4) is 0 Å². The first-order chi connectivity index (χ1) is 9.85. The minimum Gasteiger partial charge on any atom is -0.481 e. The number of sulfonamides is 1. The first-order valence-electron chi connectivity index (χ1n) is 6.13. The molecule has 0 atom stereocenters. The molecular formula is C12H15F3N2O4S. The van der Waals surface area contributed by atoms with Gasteiger partial charge in [-0.1, -0.05) is 0 Å². The van der Waals surface area contributed by atoms with Gasteiger partial charge in [-0.25, -0.2) is 13.1 Å². The number of hydrogen-bond donors (Lipinski definition) is 2. The second-order valence-electron chi connectivity index (χ2n) is 5.23. The average Bonchev–Trinajstić information content (AvgIpc) is 2.34. The first kappa shape index (κ1) is 18.4. The maximum absolute atomic E-state index is 12.8. The lowest BCUT2D eigenvalue weighted by Crippen LogP contribution is -2.44. The number of pyridine rings is 1. The number of carbonyl (C=O) groups is 1. The van der Waals surface area contributed by atoms with Crippen LogP contribution >= 0.6 is 0 Å². The number of carboxylic acid groups (broad SMARTS) is 1. The SMILES string of the molecule is CC(C)(CCC(=O)O)NS(=O)(=O)c1cccnc1C(F)(F)F. The quantitative estimate of drug-likeness (QED) is 0.826. The summed E-state index contributed by atoms with van der Waals surface area (Å²) in [6.45, 7) is 2.77. The van der Waals surface area contributed by atoms with Gasteiger partial charge in [0, 0.05) is 18.2 Å². The summed E-state index contributed by atoms with van der Waals surface area (Å²) in [5, 5.41) is 8.61. The Hall–Kier alpha value is -1.68. The highest BCUT2D eigenvalue weighted by molar-refractivity contribution is 7.89. The van der Waals surface area contributed by atoms with Crippen LogP contribution in [0.3, 0.4) is 0 Å². The van der Waals surface area contributed by atoms with E-state index in [0.29, 0.717) is 0 Å². The molecule has 0 saturated carbocycles. The number of aromatic nitrogens is 1. The van der Waals surface area contributed by atoms with Gasteiger partial charge in [0.05, 0.1) is 0 Å². The zero-order valence-corrected chi connectivity index (χ0v) is 12.6. The standard InChI is InChI=1S/C12H15F3N2O4S/c1-11(2,6-5-9(18)19)17-22(20,21)8-4-3-7-16-10(8)12(13,14)15/h3-4,7,17H,5-6H2,1-2H3,(H,18,19). The van der Waals surface area contributed by atoms with Crippen LogP contribution in [-0.2, 0) is 21.0 Å². The molecule has 1 aromatic heterocycles. The number of halogens is 3. The monoisotopic (exact) mass is 340 g/mol. The van der Waals surface area contributed by atoms with Crippen LogP contribution in [-0.4, -0.2) is 30.0 Å². The molecular weight excluding hydrogens is 325 g/mol. The number of rotatable bonds is 6. The highest BCUT2D eigenvalue weighted by Crippen LogP contribution is 2.32. The number of aliphatic carboxylic acids is 1. The van der Waals surface area contributed by atoms with E-state index in [-0.39, 0.29) is 12.8 Å². The summed E-state index contributed by atoms with van der Waals surface area (Å²) in [6.07, 6.45) is -4.48. The van der Waals surface area contributed by atoms with Crippen LogP contribution in [0.2, 0.25) is 0 Å². The zero-order valence-electron chi connectivity index (χ0n) is 11.8. The van der Waals surface area contributed by atoms with Gasteiger partial charge in [0.25, 0.3) is 0 Å². The minimum atomic E-state index is -4.92. The molecule has 1 rings (SSSR count). The lowest BCUT2D eigenvalue weighted by Gasteiger charge is -2.26. The van der Waals surface area contributed by atoms with E-state index in [9.17, 15) is 26.4 Å². The lowest BCUT2D eigenvalue weighted by atomic mass is 10.0. The third-order valence-corrected chi connectivity index (χ3v) is 4.43. The van der Waals surface area contributed by atoms with E-state index in [1.54, 1.807) is 0 Å². The van der Waals surface area contributed by atoms with E-state index in [1.807, 2.05) is 0 Å². The van der Waals surface area contributed by atoms with Gasteiger partial charge < -0.3 is 5.11 Å². The number of alkyl halides is 3. The molecule has 0 aliphatic rings. The Bertz CT molecular complexity index is 657. The van der Waals surface area contributed by atoms with Crippen LogP contribution in [0, 0.1) is 0 Å². The summed E-state index contributed by atoms with van der Waals surface area (Å²) in [5.74, 6) is -1.13. The number of nitrogens with zero attached hydrogens (tertiary/aromatic N) is 1. The molecule has 6 nitrogen and oxygen atoms in total. The highest BCUT2D eigenvalue weighted by Gasteiger charge is 2.40. The van der Waals surface area contributed by atoms with Gasteiger partial charge in [-0.05, 0) is 32.4 Å². The molecule has 10 heteroatoms. The summed E-state index contributed by atoms with van der Waals surface area (Å²) in [4.78, 5) is 12.6. The predicted octanol–water partition coefficient (Wildman–Crippen LogP) is 2.02. The molecule has 1 aromatic rings. The Kier molecular flexibility index (Phi) is 5.18. The Morgan fingerprint density at radius 2 is 1.95 bits per heavy atom. The zero-order chi connectivity index (χ0) is 17.2. The van der Waals surface area contributed by atoms with Gasteiger partial charge in [-0.15, -0.1) is 0 Å². The molecule has 0 aliphatic heterocycles. The molecule has 0 aromatic carbocycles. The molecule has 1 heterocycles. The van der Waals surface area contributed by atoms with Gasteiger partial charge >= 0.3 is 12.1 Å². The van der Waals surface area contributed by atoms with Crippen LogP contribution in [0.25, 0.3) is 0 Å². The smallest absolute Gasteiger partial charge is 0.434 e. The third kappa shape index (κ3) is 4.95. The van der Waals surface area contributed by atoms with Crippen molar-refractivity contribution in [3.05, 3.63) is 24.0 Å². The van der Waals surface area contributed by atoms with E-state index in [1.165, 1.54) is 13.8 Å². The van der Waals surface area contributed by atoms with Crippen LogP contribution in [0.4, 0.5) is 13.2 Å². The third-order valence-electron chi connectivity index (χ3n) is 2.70. The van der Waals surface area contributed by atoms with E-state index in [0.717, 1.165) is 18.3 Å². The highest BCUT2D eigenvalue weighted by atomic mass is 32.2. The largest absolute Gasteiger partial charge is 0.481 e. The Balaban J connectivity index is 3.13. The van der Waals surface area contributed by atoms with Crippen LogP contribution < -0.4 is 4.72 Å². The Morgan fingerprint density at radius 1 is 1.36 bits per heavy atom. The van der Waals surface area contributed by atoms with Crippen molar-refractivity contribution in [1.82, 2.24) is 9.71 Å². The van der Waals surface area contributed by atoms with Crippen molar-refractivity contribution in [2.45, 2.75) is 43.3 Å². The average molecular weight is 340 g/mol. The summed E-state index contributed by atoms with van der Waals surface area (Å²) < 4.78 is 64.9. The molecule has 0 radical (unpaired) electrons. The van der Waals surface area contributed by atoms with Crippen molar-refractivity contribution in [2.75, 3.05) is 0 Å². The molecule has 0 saturated heterocycles. The van der Waals surface area contributed by atoms with Crippen molar-refractivity contribution in [2.24, 2.45) is 0 Å². The second kappa shape index (κ2) is 6.21. The van der Waals surface area contributed by atoms with E-state index in [4.69, 9.17) is 5.11 Å². The Labute approximate surface area is 125 Å². The summed E-state index contributed by atoms with van der Waals surface area (Å²) in [6, 6.07) is 1.87. The molecule has 0 spiro atoms. The normalized spacial score (nSPS) is 13.1.